The van der Waals surface area contributed by atoms with Crippen molar-refractivity contribution in [3.8, 4) is 11.5 Å². The first-order valence-corrected chi connectivity index (χ1v) is 10.6. The van der Waals surface area contributed by atoms with Crippen LogP contribution < -0.4 is 9.47 Å². The summed E-state index contributed by atoms with van der Waals surface area (Å²) in [7, 11) is 0. The van der Waals surface area contributed by atoms with E-state index >= 15 is 0 Å². The Labute approximate surface area is 184 Å². The zero-order chi connectivity index (χ0) is 20.5. The Morgan fingerprint density at radius 1 is 0.966 bits per heavy atom. The molecule has 0 aliphatic rings. The summed E-state index contributed by atoms with van der Waals surface area (Å²) in [5.74, 6) is 0.849. The Hall–Kier alpha value is -2.67. The summed E-state index contributed by atoms with van der Waals surface area (Å²) in [6.45, 7) is 2.80. The standard InChI is InChI=1S/C24H22INO3/c1-2-3-16-28-20-14-10-19(11-15-20)24(27)29-21-12-8-18(9-13-21)17-26-23-7-5-4-6-22(23)25/h4-15,17H,2-3,16H2,1H3. The molecule has 3 rings (SSSR count). The maximum atomic E-state index is 12.3. The number of rotatable bonds is 8. The topological polar surface area (TPSA) is 47.9 Å². The van der Waals surface area contributed by atoms with E-state index in [1.54, 1.807) is 42.6 Å². The van der Waals surface area contributed by atoms with Crippen LogP contribution >= 0.6 is 22.6 Å². The number of hydrogen-bond acceptors (Lipinski definition) is 4. The Balaban J connectivity index is 1.57. The van der Waals surface area contributed by atoms with Crippen LogP contribution in [0.1, 0.15) is 35.7 Å². The van der Waals surface area contributed by atoms with Crippen LogP contribution in [0.4, 0.5) is 5.69 Å². The van der Waals surface area contributed by atoms with Crippen LogP contribution in [0.25, 0.3) is 0 Å². The molecule has 3 aromatic carbocycles. The van der Waals surface area contributed by atoms with E-state index in [-0.39, 0.29) is 0 Å². The van der Waals surface area contributed by atoms with Crippen molar-refractivity contribution < 1.29 is 14.3 Å². The van der Waals surface area contributed by atoms with Crippen LogP contribution in [-0.2, 0) is 0 Å². The first kappa shape index (κ1) is 21.0. The van der Waals surface area contributed by atoms with E-state index in [9.17, 15) is 4.79 Å². The molecule has 0 atom stereocenters. The molecular formula is C24H22INO3. The van der Waals surface area contributed by atoms with Gasteiger partial charge in [-0.05, 0) is 95.2 Å². The van der Waals surface area contributed by atoms with Crippen molar-refractivity contribution in [1.82, 2.24) is 0 Å². The van der Waals surface area contributed by atoms with E-state index in [2.05, 4.69) is 34.5 Å². The fraction of sp³-hybridized carbons (Fsp3) is 0.167. The molecule has 0 heterocycles. The number of benzene rings is 3. The highest BCUT2D eigenvalue weighted by Gasteiger charge is 2.09. The lowest BCUT2D eigenvalue weighted by molar-refractivity contribution is 0.0734. The van der Waals surface area contributed by atoms with Crippen LogP contribution in [0.15, 0.2) is 77.8 Å². The van der Waals surface area contributed by atoms with Crippen molar-refractivity contribution in [2.75, 3.05) is 6.61 Å². The summed E-state index contributed by atoms with van der Waals surface area (Å²) in [5, 5.41) is 0. The largest absolute Gasteiger partial charge is 0.494 e. The monoisotopic (exact) mass is 499 g/mol. The first-order chi connectivity index (χ1) is 14.2. The number of carbonyl (C=O) groups excluding carboxylic acids is 1. The molecule has 0 aromatic heterocycles. The summed E-state index contributed by atoms with van der Waals surface area (Å²) in [6.07, 6.45) is 3.88. The van der Waals surface area contributed by atoms with Gasteiger partial charge in [-0.25, -0.2) is 4.79 Å². The first-order valence-electron chi connectivity index (χ1n) is 9.49. The molecule has 5 heteroatoms. The average molecular weight is 499 g/mol. The summed E-state index contributed by atoms with van der Waals surface area (Å²) in [4.78, 5) is 16.8. The molecule has 29 heavy (non-hydrogen) atoms. The third-order valence-electron chi connectivity index (χ3n) is 4.15. The molecule has 0 aliphatic heterocycles. The second kappa shape index (κ2) is 10.8. The Kier molecular flexibility index (Phi) is 7.81. The third kappa shape index (κ3) is 6.42. The summed E-state index contributed by atoms with van der Waals surface area (Å²) in [5.41, 5.74) is 2.33. The Bertz CT molecular complexity index is 966. The average Bonchev–Trinajstić information content (AvgIpc) is 2.75. The Morgan fingerprint density at radius 2 is 1.66 bits per heavy atom. The molecule has 4 nitrogen and oxygen atoms in total. The van der Waals surface area contributed by atoms with Crippen molar-refractivity contribution in [2.45, 2.75) is 19.8 Å². The maximum Gasteiger partial charge on any atom is 0.343 e. The summed E-state index contributed by atoms with van der Waals surface area (Å²) in [6, 6.07) is 22.2. The predicted octanol–water partition coefficient (Wildman–Crippen LogP) is 6.44. The fourth-order valence-corrected chi connectivity index (χ4v) is 3.04. The van der Waals surface area contributed by atoms with E-state index < -0.39 is 5.97 Å². The number of halogens is 1. The highest BCUT2D eigenvalue weighted by atomic mass is 127. The number of carbonyl (C=O) groups is 1. The van der Waals surface area contributed by atoms with Crippen LogP contribution in [0, 0.1) is 3.57 Å². The van der Waals surface area contributed by atoms with Gasteiger partial charge in [0.15, 0.2) is 0 Å². The minimum Gasteiger partial charge on any atom is -0.494 e. The van der Waals surface area contributed by atoms with Crippen LogP contribution in [0.3, 0.4) is 0 Å². The van der Waals surface area contributed by atoms with Crippen molar-refractivity contribution in [2.24, 2.45) is 4.99 Å². The summed E-state index contributed by atoms with van der Waals surface area (Å²) < 4.78 is 12.2. The van der Waals surface area contributed by atoms with Crippen molar-refractivity contribution in [3.63, 3.8) is 0 Å². The van der Waals surface area contributed by atoms with E-state index in [0.29, 0.717) is 17.9 Å². The molecule has 148 valence electrons. The van der Waals surface area contributed by atoms with Crippen LogP contribution in [-0.4, -0.2) is 18.8 Å². The molecule has 0 radical (unpaired) electrons. The smallest absolute Gasteiger partial charge is 0.343 e. The minimum atomic E-state index is -0.398. The molecule has 3 aromatic rings. The van der Waals surface area contributed by atoms with Crippen molar-refractivity contribution in [3.05, 3.63) is 87.5 Å². The maximum absolute atomic E-state index is 12.3. The number of aliphatic imine (C=N–C) groups is 1. The number of hydrogen-bond donors (Lipinski definition) is 0. The van der Waals surface area contributed by atoms with Gasteiger partial charge in [0.1, 0.15) is 11.5 Å². The number of para-hydroxylation sites is 1. The molecule has 0 aliphatic carbocycles. The SMILES string of the molecule is CCCCOc1ccc(C(=O)Oc2ccc(C=Nc3ccccc3I)cc2)cc1. The molecule has 0 N–H and O–H groups in total. The zero-order valence-corrected chi connectivity index (χ0v) is 18.3. The quantitative estimate of drug-likeness (QED) is 0.118. The predicted molar refractivity (Wildman–Crippen MR) is 125 cm³/mol. The fourth-order valence-electron chi connectivity index (χ4n) is 2.51. The van der Waals surface area contributed by atoms with Gasteiger partial charge in [0, 0.05) is 9.78 Å². The lowest BCUT2D eigenvalue weighted by Crippen LogP contribution is -2.08. The zero-order valence-electron chi connectivity index (χ0n) is 16.2. The van der Waals surface area contributed by atoms with E-state index in [1.165, 1.54) is 0 Å². The molecule has 0 amide bonds. The molecular weight excluding hydrogens is 477 g/mol. The number of esters is 1. The summed E-state index contributed by atoms with van der Waals surface area (Å²) >= 11 is 2.26. The van der Waals surface area contributed by atoms with Gasteiger partial charge in [-0.2, -0.15) is 0 Å². The van der Waals surface area contributed by atoms with E-state index in [0.717, 1.165) is 33.4 Å². The van der Waals surface area contributed by atoms with Crippen molar-refractivity contribution in [1.29, 1.82) is 0 Å². The molecule has 0 fully saturated rings. The highest BCUT2D eigenvalue weighted by molar-refractivity contribution is 14.1. The second-order valence-electron chi connectivity index (χ2n) is 6.39. The van der Waals surface area contributed by atoms with Gasteiger partial charge in [0.05, 0.1) is 17.9 Å². The van der Waals surface area contributed by atoms with Gasteiger partial charge < -0.3 is 9.47 Å². The van der Waals surface area contributed by atoms with Gasteiger partial charge in [-0.1, -0.05) is 25.5 Å². The third-order valence-corrected chi connectivity index (χ3v) is 5.06. The molecule has 0 saturated carbocycles. The Morgan fingerprint density at radius 3 is 2.34 bits per heavy atom. The molecule has 0 saturated heterocycles. The van der Waals surface area contributed by atoms with E-state index in [1.807, 2.05) is 36.4 Å². The lowest BCUT2D eigenvalue weighted by Gasteiger charge is -2.07. The van der Waals surface area contributed by atoms with Crippen LogP contribution in [0.5, 0.6) is 11.5 Å². The second-order valence-corrected chi connectivity index (χ2v) is 7.56. The number of unbranched alkanes of at least 4 members (excludes halogenated alkanes) is 1. The van der Waals surface area contributed by atoms with Gasteiger partial charge in [-0.15, -0.1) is 0 Å². The van der Waals surface area contributed by atoms with Gasteiger partial charge in [0.25, 0.3) is 0 Å². The minimum absolute atomic E-state index is 0.398. The van der Waals surface area contributed by atoms with Gasteiger partial charge in [0.2, 0.25) is 0 Å². The number of nitrogens with zero attached hydrogens (tertiary/aromatic N) is 1. The highest BCUT2D eigenvalue weighted by Crippen LogP contribution is 2.21. The van der Waals surface area contributed by atoms with Gasteiger partial charge in [-0.3, -0.25) is 4.99 Å². The van der Waals surface area contributed by atoms with E-state index in [4.69, 9.17) is 9.47 Å². The van der Waals surface area contributed by atoms with Crippen molar-refractivity contribution >= 4 is 40.5 Å². The normalized spacial score (nSPS) is 10.8. The number of ether oxygens (including phenoxy) is 2. The lowest BCUT2D eigenvalue weighted by atomic mass is 10.2. The molecule has 0 unspecified atom stereocenters. The van der Waals surface area contributed by atoms with Gasteiger partial charge >= 0.3 is 5.97 Å². The molecule has 0 bridgehead atoms. The molecule has 0 spiro atoms. The van der Waals surface area contributed by atoms with Crippen LogP contribution in [0.2, 0.25) is 0 Å².